The average molecular weight is 666 g/mol. The molecule has 0 bridgehead atoms. The molecule has 1 aromatic rings. The summed E-state index contributed by atoms with van der Waals surface area (Å²) >= 11 is 2.43. The van der Waals surface area contributed by atoms with Crippen LogP contribution >= 0.6 is 23.1 Å². The minimum atomic E-state index is -1.59. The maximum atomic E-state index is 12.3. The molecule has 1 aromatic heterocycles. The first kappa shape index (κ1) is 40.0. The number of hydrogen-bond acceptors (Lipinski definition) is 13. The third kappa shape index (κ3) is 7.68. The zero-order valence-electron chi connectivity index (χ0n) is 23.4. The number of thioether (sulfide) groups is 1. The van der Waals surface area contributed by atoms with Crippen molar-refractivity contribution in [3.8, 4) is 0 Å². The number of aliphatic carboxylic acids is 3. The molecule has 42 heavy (non-hydrogen) atoms. The molecule has 6 atom stereocenters. The van der Waals surface area contributed by atoms with Crippen molar-refractivity contribution in [1.29, 1.82) is 0 Å². The number of amides is 2. The summed E-state index contributed by atoms with van der Waals surface area (Å²) in [6.07, 6.45) is 1.03. The van der Waals surface area contributed by atoms with Crippen LogP contribution in [0.4, 0.5) is 0 Å². The molecule has 14 nitrogen and oxygen atoms in total. The van der Waals surface area contributed by atoms with E-state index in [1.807, 2.05) is 0 Å². The largest absolute Gasteiger partial charge is 1.00 e. The van der Waals surface area contributed by atoms with Crippen LogP contribution < -0.4 is 126 Å². The monoisotopic (exact) mass is 665 g/mol. The SMILES string of the molecule is CC1(C)SC2C(N=C([O-])C(C(=O)[O-])c3ccsc3)C(=O)N2C1C(=O)[O-].O=C(O)C1C(=CCO)OC2CC(=O)N21.[K+].[Na+].[Na+]. The second kappa shape index (κ2) is 16.0. The summed E-state index contributed by atoms with van der Waals surface area (Å²) in [7, 11) is 0. The van der Waals surface area contributed by atoms with Gasteiger partial charge in [0.25, 0.3) is 5.91 Å². The van der Waals surface area contributed by atoms with E-state index in [-0.39, 0.29) is 141 Å². The van der Waals surface area contributed by atoms with E-state index in [2.05, 4.69) is 4.99 Å². The number of carboxylic acids is 3. The van der Waals surface area contributed by atoms with Gasteiger partial charge in [-0.05, 0) is 48.2 Å². The predicted octanol–water partition coefficient (Wildman–Crippen LogP) is -12.6. The van der Waals surface area contributed by atoms with Crippen LogP contribution in [0, 0.1) is 0 Å². The van der Waals surface area contributed by atoms with Crippen molar-refractivity contribution in [2.24, 2.45) is 4.99 Å². The fourth-order valence-electron chi connectivity index (χ4n) is 4.78. The molecule has 4 aliphatic rings. The van der Waals surface area contributed by atoms with E-state index in [1.54, 1.807) is 19.2 Å². The molecule has 19 heteroatoms. The van der Waals surface area contributed by atoms with Crippen molar-refractivity contribution >= 4 is 58.7 Å². The molecule has 2 amide bonds. The van der Waals surface area contributed by atoms with Crippen molar-refractivity contribution < 1.29 is 165 Å². The molecule has 210 valence electrons. The summed E-state index contributed by atoms with van der Waals surface area (Å²) < 4.78 is 4.37. The van der Waals surface area contributed by atoms with Crippen molar-refractivity contribution in [3.63, 3.8) is 0 Å². The summed E-state index contributed by atoms with van der Waals surface area (Å²) in [5, 5.41) is 54.9. The summed E-state index contributed by atoms with van der Waals surface area (Å²) in [5.74, 6) is -7.36. The molecular formula is C23H22KN3Na2O11S2. The van der Waals surface area contributed by atoms with E-state index in [4.69, 9.17) is 14.9 Å². The third-order valence-corrected chi connectivity index (χ3v) is 8.81. The molecule has 4 fully saturated rings. The van der Waals surface area contributed by atoms with E-state index in [9.17, 15) is 39.3 Å². The summed E-state index contributed by atoms with van der Waals surface area (Å²) in [6, 6.07) is -1.80. The van der Waals surface area contributed by atoms with Gasteiger partial charge in [0.2, 0.25) is 5.91 Å². The van der Waals surface area contributed by atoms with E-state index >= 15 is 0 Å². The summed E-state index contributed by atoms with van der Waals surface area (Å²) in [4.78, 5) is 62.9. The van der Waals surface area contributed by atoms with Crippen LogP contribution in [0.15, 0.2) is 33.7 Å². The quantitative estimate of drug-likeness (QED) is 0.120. The minimum Gasteiger partial charge on any atom is -0.861 e. The Labute approximate surface area is 334 Å². The fraction of sp³-hybridized carbons (Fsp3) is 0.478. The van der Waals surface area contributed by atoms with Crippen LogP contribution in [0.3, 0.4) is 0 Å². The van der Waals surface area contributed by atoms with Gasteiger partial charge in [-0.25, -0.2) is 4.79 Å². The van der Waals surface area contributed by atoms with E-state index < -0.39 is 70.1 Å². The normalized spacial score (nSPS) is 28.1. The molecule has 5 heterocycles. The molecule has 0 spiro atoms. The average Bonchev–Trinajstić information content (AvgIpc) is 3.52. The number of β-lactam (4-membered cyclic amide) rings is 2. The van der Waals surface area contributed by atoms with Crippen molar-refractivity contribution in [3.05, 3.63) is 34.2 Å². The number of carbonyl (C=O) groups is 5. The van der Waals surface area contributed by atoms with Gasteiger partial charge >= 0.3 is 116 Å². The Morgan fingerprint density at radius 1 is 1.21 bits per heavy atom. The smallest absolute Gasteiger partial charge is 0.861 e. The van der Waals surface area contributed by atoms with Crippen LogP contribution in [0.1, 0.15) is 31.7 Å². The molecule has 5 rings (SSSR count). The Bertz CT molecular complexity index is 1280. The minimum absolute atomic E-state index is 0. The first-order valence-corrected chi connectivity index (χ1v) is 13.3. The first-order chi connectivity index (χ1) is 18.3. The number of aliphatic hydroxyl groups is 1. The molecule has 4 saturated heterocycles. The molecule has 0 aromatic carbocycles. The number of aliphatic hydroxyl groups excluding tert-OH is 1. The first-order valence-electron chi connectivity index (χ1n) is 11.5. The Morgan fingerprint density at radius 2 is 1.86 bits per heavy atom. The molecule has 2 N–H and O–H groups in total. The van der Waals surface area contributed by atoms with Crippen LogP contribution in [0.5, 0.6) is 0 Å². The van der Waals surface area contributed by atoms with Gasteiger partial charge in [-0.3, -0.25) is 19.5 Å². The van der Waals surface area contributed by atoms with E-state index in [0.717, 1.165) is 4.90 Å². The molecule has 4 aliphatic heterocycles. The van der Waals surface area contributed by atoms with Crippen LogP contribution in [0.25, 0.3) is 0 Å². The van der Waals surface area contributed by atoms with Gasteiger partial charge in [0.15, 0.2) is 18.3 Å². The second-order valence-corrected chi connectivity index (χ2v) is 12.0. The number of thiophene rings is 1. The maximum absolute atomic E-state index is 12.3. The number of carbonyl (C=O) groups excluding carboxylic acids is 4. The predicted molar refractivity (Wildman–Crippen MR) is 127 cm³/mol. The van der Waals surface area contributed by atoms with Crippen molar-refractivity contribution in [2.45, 2.75) is 60.7 Å². The molecule has 0 saturated carbocycles. The standard InChI is InChI=1S/C15H16N2O6S2.C8H9NO5.K.2Na/c1-15(2)9(14(22)23)17-11(19)8(12(17)25-15)16-10(18)7(13(20)21)6-3-4-24-5-6;10-2-1-4-7(8(12)13)9-5(11)3-6(9)14-4;;;/h3-5,7-9,12H,1-2H3,(H,16,18)(H,20,21)(H,22,23);1,6-7,10H,2-3H2,(H,12,13);;;/q;;3*+1/p-3. The Hall–Kier alpha value is 0.00636. The van der Waals surface area contributed by atoms with Gasteiger partial charge in [0.1, 0.15) is 11.1 Å². The number of hydrogen-bond donors (Lipinski definition) is 2. The zero-order valence-corrected chi connectivity index (χ0v) is 32.2. The molecular weight excluding hydrogens is 643 g/mol. The van der Waals surface area contributed by atoms with Crippen molar-refractivity contribution in [1.82, 2.24) is 9.80 Å². The number of ether oxygens (including phenoxy) is 1. The van der Waals surface area contributed by atoms with E-state index in [1.165, 1.54) is 45.5 Å². The zero-order chi connectivity index (χ0) is 28.8. The van der Waals surface area contributed by atoms with Gasteiger partial charge in [-0.15, -0.1) is 11.8 Å². The molecule has 0 aliphatic carbocycles. The second-order valence-electron chi connectivity index (χ2n) is 9.41. The van der Waals surface area contributed by atoms with Gasteiger partial charge in [-0.1, -0.05) is 0 Å². The summed E-state index contributed by atoms with van der Waals surface area (Å²) in [5.41, 5.74) is 0.245. The van der Waals surface area contributed by atoms with Crippen molar-refractivity contribution in [2.75, 3.05) is 6.61 Å². The van der Waals surface area contributed by atoms with Crippen LogP contribution in [-0.4, -0.2) is 96.7 Å². The third-order valence-electron chi connectivity index (χ3n) is 6.56. The number of rotatable bonds is 7. The number of fused-ring (bicyclic) bond motifs is 2. The number of carboxylic acid groups (broad SMARTS) is 3. The molecule has 0 radical (unpaired) electrons. The maximum Gasteiger partial charge on any atom is 1.00 e. The Morgan fingerprint density at radius 3 is 2.33 bits per heavy atom. The van der Waals surface area contributed by atoms with Gasteiger partial charge in [0, 0.05) is 4.75 Å². The topological polar surface area (TPSA) is 223 Å². The summed E-state index contributed by atoms with van der Waals surface area (Å²) in [6.45, 7) is 3.03. The van der Waals surface area contributed by atoms with E-state index in [0.29, 0.717) is 0 Å². The number of nitrogens with zero attached hydrogens (tertiary/aromatic N) is 3. The van der Waals surface area contributed by atoms with Gasteiger partial charge < -0.3 is 44.8 Å². The molecule has 6 unspecified atom stereocenters. The number of aliphatic imine (C=N–C) groups is 1. The van der Waals surface area contributed by atoms with Crippen LogP contribution in [-0.2, 0) is 28.7 Å². The Balaban J connectivity index is 0.000000446. The van der Waals surface area contributed by atoms with Gasteiger partial charge in [-0.2, -0.15) is 11.3 Å². The Kier molecular flexibility index (Phi) is 15.3. The van der Waals surface area contributed by atoms with Crippen LogP contribution in [0.2, 0.25) is 0 Å². The fourth-order valence-corrected chi connectivity index (χ4v) is 7.07. The van der Waals surface area contributed by atoms with Gasteiger partial charge in [0.05, 0.1) is 36.9 Å².